The summed E-state index contributed by atoms with van der Waals surface area (Å²) in [5, 5.41) is 9.08. The van der Waals surface area contributed by atoms with Crippen LogP contribution in [0.4, 0.5) is 0 Å². The molecule has 0 radical (unpaired) electrons. The summed E-state index contributed by atoms with van der Waals surface area (Å²) in [4.78, 5) is 12.6. The number of hydrogen-bond acceptors (Lipinski definition) is 3. The van der Waals surface area contributed by atoms with E-state index in [4.69, 9.17) is 5.26 Å². The van der Waals surface area contributed by atoms with Gasteiger partial charge in [0.15, 0.2) is 5.78 Å². The zero-order chi connectivity index (χ0) is 11.5. The van der Waals surface area contributed by atoms with E-state index in [0.29, 0.717) is 6.42 Å². The van der Waals surface area contributed by atoms with Crippen molar-refractivity contribution in [2.75, 3.05) is 0 Å². The van der Waals surface area contributed by atoms with Crippen molar-refractivity contribution in [1.29, 1.82) is 5.26 Å². The second kappa shape index (κ2) is 4.71. The van der Waals surface area contributed by atoms with Gasteiger partial charge in [0.05, 0.1) is 6.07 Å². The molecule has 0 spiro atoms. The molecule has 0 heterocycles. The molecule has 0 bridgehead atoms. The second-order valence-electron chi connectivity index (χ2n) is 4.08. The van der Waals surface area contributed by atoms with Gasteiger partial charge >= 0.3 is 0 Å². The predicted molar refractivity (Wildman–Crippen MR) is 64.2 cm³/mol. The van der Waals surface area contributed by atoms with Crippen LogP contribution in [0.5, 0.6) is 0 Å². The third kappa shape index (κ3) is 2.28. The fourth-order valence-corrected chi connectivity index (χ4v) is 3.11. The molecule has 3 heteroatoms. The molecule has 2 atom stereocenters. The van der Waals surface area contributed by atoms with E-state index < -0.39 is 5.92 Å². The van der Waals surface area contributed by atoms with Gasteiger partial charge in [-0.05, 0) is 25.5 Å². The number of carbonyl (C=O) groups excluding carboxylic acids is 1. The Balaban J connectivity index is 2.08. The molecule has 1 fully saturated rings. The van der Waals surface area contributed by atoms with Gasteiger partial charge in [0.25, 0.3) is 0 Å². The van der Waals surface area contributed by atoms with Crippen LogP contribution in [0, 0.1) is 24.2 Å². The molecule has 2 rings (SSSR count). The van der Waals surface area contributed by atoms with Crippen molar-refractivity contribution in [3.05, 3.63) is 29.8 Å². The second-order valence-corrected chi connectivity index (χ2v) is 5.39. The van der Waals surface area contributed by atoms with Crippen LogP contribution in [-0.4, -0.2) is 11.0 Å². The Bertz CT molecular complexity index is 432. The van der Waals surface area contributed by atoms with Gasteiger partial charge in [-0.3, -0.25) is 4.79 Å². The van der Waals surface area contributed by atoms with Crippen LogP contribution in [0.3, 0.4) is 0 Å². The average Bonchev–Trinajstić information content (AvgIpc) is 2.63. The van der Waals surface area contributed by atoms with Crippen molar-refractivity contribution in [1.82, 2.24) is 0 Å². The number of thioether (sulfide) groups is 1. The van der Waals surface area contributed by atoms with Crippen LogP contribution in [-0.2, 0) is 4.79 Å². The molecule has 1 aromatic rings. The molecule has 2 unspecified atom stereocenters. The molecular weight excluding hydrogens is 218 g/mol. The Hall–Kier alpha value is -1.27. The van der Waals surface area contributed by atoms with Crippen LogP contribution < -0.4 is 0 Å². The summed E-state index contributed by atoms with van der Waals surface area (Å²) in [6.07, 6.45) is 1.39. The highest BCUT2D eigenvalue weighted by Gasteiger charge is 2.35. The topological polar surface area (TPSA) is 40.9 Å². The summed E-state index contributed by atoms with van der Waals surface area (Å²) < 4.78 is 0. The first-order chi connectivity index (χ1) is 7.70. The number of aryl methyl sites for hydroxylation is 1. The number of Topliss-reactive ketones (excluding diaryl/α,β-unsaturated/α-hetero) is 1. The molecule has 0 aliphatic heterocycles. The highest BCUT2D eigenvalue weighted by molar-refractivity contribution is 8.00. The van der Waals surface area contributed by atoms with Gasteiger partial charge < -0.3 is 0 Å². The van der Waals surface area contributed by atoms with E-state index in [-0.39, 0.29) is 11.0 Å². The van der Waals surface area contributed by atoms with Crippen LogP contribution in [0.25, 0.3) is 0 Å². The SMILES string of the molecule is Cc1ccc(SC2CCC(=O)C2C#N)cc1. The van der Waals surface area contributed by atoms with Gasteiger partial charge in [-0.15, -0.1) is 11.8 Å². The maximum Gasteiger partial charge on any atom is 0.151 e. The van der Waals surface area contributed by atoms with Gasteiger partial charge in [-0.2, -0.15) is 5.26 Å². The van der Waals surface area contributed by atoms with E-state index in [2.05, 4.69) is 30.3 Å². The number of carbonyl (C=O) groups is 1. The van der Waals surface area contributed by atoms with Crippen molar-refractivity contribution in [3.63, 3.8) is 0 Å². The monoisotopic (exact) mass is 231 g/mol. The summed E-state index contributed by atoms with van der Waals surface area (Å²) >= 11 is 1.65. The number of hydrogen-bond donors (Lipinski definition) is 0. The molecule has 82 valence electrons. The van der Waals surface area contributed by atoms with Crippen molar-refractivity contribution in [2.45, 2.75) is 29.9 Å². The Morgan fingerprint density at radius 3 is 2.69 bits per heavy atom. The number of benzene rings is 1. The average molecular weight is 231 g/mol. The first-order valence-electron chi connectivity index (χ1n) is 5.36. The van der Waals surface area contributed by atoms with Crippen molar-refractivity contribution < 1.29 is 4.79 Å². The van der Waals surface area contributed by atoms with E-state index in [1.807, 2.05) is 6.92 Å². The maximum absolute atomic E-state index is 11.4. The maximum atomic E-state index is 11.4. The van der Waals surface area contributed by atoms with E-state index in [9.17, 15) is 4.79 Å². The lowest BCUT2D eigenvalue weighted by Crippen LogP contribution is -2.13. The van der Waals surface area contributed by atoms with Crippen LogP contribution in [0.15, 0.2) is 29.2 Å². The number of ketones is 1. The van der Waals surface area contributed by atoms with Crippen molar-refractivity contribution >= 4 is 17.5 Å². The Morgan fingerprint density at radius 2 is 2.06 bits per heavy atom. The van der Waals surface area contributed by atoms with Gasteiger partial charge in [0.2, 0.25) is 0 Å². The lowest BCUT2D eigenvalue weighted by Gasteiger charge is -2.11. The minimum Gasteiger partial charge on any atom is -0.298 e. The Labute approximate surface area is 99.7 Å². The normalized spacial score (nSPS) is 24.4. The Kier molecular flexibility index (Phi) is 3.31. The van der Waals surface area contributed by atoms with Crippen LogP contribution in [0.2, 0.25) is 0 Å². The lowest BCUT2D eigenvalue weighted by atomic mass is 10.1. The summed E-state index contributed by atoms with van der Waals surface area (Å²) in [5.41, 5.74) is 1.23. The number of nitriles is 1. The van der Waals surface area contributed by atoms with Gasteiger partial charge in [-0.25, -0.2) is 0 Å². The highest BCUT2D eigenvalue weighted by Crippen LogP contribution is 2.36. The van der Waals surface area contributed by atoms with Gasteiger partial charge in [0.1, 0.15) is 5.92 Å². The molecule has 0 aromatic heterocycles. The molecule has 1 aliphatic carbocycles. The highest BCUT2D eigenvalue weighted by atomic mass is 32.2. The number of nitrogens with zero attached hydrogens (tertiary/aromatic N) is 1. The molecule has 0 saturated heterocycles. The van der Waals surface area contributed by atoms with Crippen LogP contribution in [0.1, 0.15) is 18.4 Å². The minimum atomic E-state index is -0.411. The molecule has 1 aliphatic rings. The van der Waals surface area contributed by atoms with E-state index in [0.717, 1.165) is 11.3 Å². The van der Waals surface area contributed by atoms with Crippen LogP contribution >= 0.6 is 11.8 Å². The fraction of sp³-hybridized carbons (Fsp3) is 0.385. The molecule has 1 saturated carbocycles. The lowest BCUT2D eigenvalue weighted by molar-refractivity contribution is -0.119. The third-order valence-electron chi connectivity index (χ3n) is 2.84. The zero-order valence-electron chi connectivity index (χ0n) is 9.14. The van der Waals surface area contributed by atoms with Crippen molar-refractivity contribution in [3.8, 4) is 6.07 Å². The van der Waals surface area contributed by atoms with E-state index in [1.165, 1.54) is 5.56 Å². The summed E-state index contributed by atoms with van der Waals surface area (Å²) in [7, 11) is 0. The third-order valence-corrected chi connectivity index (χ3v) is 4.20. The van der Waals surface area contributed by atoms with Gasteiger partial charge in [0, 0.05) is 16.6 Å². The molecule has 2 nitrogen and oxygen atoms in total. The zero-order valence-corrected chi connectivity index (χ0v) is 9.96. The Morgan fingerprint density at radius 1 is 1.38 bits per heavy atom. The number of rotatable bonds is 2. The quantitative estimate of drug-likeness (QED) is 0.785. The smallest absolute Gasteiger partial charge is 0.151 e. The van der Waals surface area contributed by atoms with E-state index >= 15 is 0 Å². The molecule has 1 aromatic carbocycles. The summed E-state index contributed by atoms with van der Waals surface area (Å²) in [6, 6.07) is 10.3. The summed E-state index contributed by atoms with van der Waals surface area (Å²) in [5.74, 6) is -0.307. The standard InChI is InChI=1S/C13H13NOS/c1-9-2-4-10(5-3-9)16-13-7-6-12(15)11(13)8-14/h2-5,11,13H,6-7H2,1H3. The first kappa shape index (κ1) is 11.2. The largest absolute Gasteiger partial charge is 0.298 e. The first-order valence-corrected chi connectivity index (χ1v) is 6.24. The van der Waals surface area contributed by atoms with Gasteiger partial charge in [-0.1, -0.05) is 17.7 Å². The summed E-state index contributed by atoms with van der Waals surface area (Å²) in [6.45, 7) is 2.05. The fourth-order valence-electron chi connectivity index (χ4n) is 1.89. The predicted octanol–water partition coefficient (Wildman–Crippen LogP) is 2.96. The molecule has 0 N–H and O–H groups in total. The molecular formula is C13H13NOS. The van der Waals surface area contributed by atoms with E-state index in [1.54, 1.807) is 11.8 Å². The minimum absolute atomic E-state index is 0.104. The molecule has 16 heavy (non-hydrogen) atoms. The van der Waals surface area contributed by atoms with Crippen molar-refractivity contribution in [2.24, 2.45) is 5.92 Å². The molecule has 0 amide bonds.